The summed E-state index contributed by atoms with van der Waals surface area (Å²) in [7, 11) is 1.99. The third kappa shape index (κ3) is 2.99. The van der Waals surface area contributed by atoms with E-state index >= 15 is 0 Å². The molecule has 3 heteroatoms. The van der Waals surface area contributed by atoms with Crippen LogP contribution in [0.25, 0.3) is 0 Å². The summed E-state index contributed by atoms with van der Waals surface area (Å²) in [5, 5.41) is 0. The van der Waals surface area contributed by atoms with Gasteiger partial charge >= 0.3 is 0 Å². The summed E-state index contributed by atoms with van der Waals surface area (Å²) in [5.74, 6) is 0.196. The van der Waals surface area contributed by atoms with Gasteiger partial charge in [0, 0.05) is 31.4 Å². The highest BCUT2D eigenvalue weighted by molar-refractivity contribution is 5.78. The van der Waals surface area contributed by atoms with Crippen molar-refractivity contribution in [3.05, 3.63) is 36.7 Å². The Morgan fingerprint density at radius 2 is 2.31 bits per heavy atom. The molecule has 0 aliphatic rings. The molecule has 88 valence electrons. The molecule has 0 spiro atoms. The fourth-order valence-corrected chi connectivity index (χ4v) is 1.61. The fourth-order valence-electron chi connectivity index (χ4n) is 1.61. The van der Waals surface area contributed by atoms with Gasteiger partial charge in [0.2, 0.25) is 5.91 Å². The number of hydrogen-bond acceptors (Lipinski definition) is 1. The molecule has 1 rings (SSSR count). The van der Waals surface area contributed by atoms with Gasteiger partial charge in [0.05, 0.1) is 6.54 Å². The molecule has 0 N–H and O–H groups in total. The molecule has 0 aliphatic carbocycles. The van der Waals surface area contributed by atoms with E-state index in [4.69, 9.17) is 0 Å². The largest absolute Gasteiger partial charge is 0.353 e. The van der Waals surface area contributed by atoms with Gasteiger partial charge in [-0.1, -0.05) is 19.9 Å². The minimum absolute atomic E-state index is 0.0280. The molecule has 1 aromatic heterocycles. The molecule has 0 atom stereocenters. The first-order valence-electron chi connectivity index (χ1n) is 5.56. The Hall–Kier alpha value is -1.51. The third-order valence-electron chi connectivity index (χ3n) is 2.56. The maximum absolute atomic E-state index is 11.9. The van der Waals surface area contributed by atoms with Gasteiger partial charge in [0.15, 0.2) is 0 Å². The molecule has 1 amide bonds. The third-order valence-corrected chi connectivity index (χ3v) is 2.56. The van der Waals surface area contributed by atoms with Crippen LogP contribution >= 0.6 is 0 Å². The van der Waals surface area contributed by atoms with E-state index in [9.17, 15) is 4.79 Å². The summed E-state index contributed by atoms with van der Waals surface area (Å²) >= 11 is 0. The molecule has 0 unspecified atom stereocenters. The highest BCUT2D eigenvalue weighted by atomic mass is 16.2. The van der Waals surface area contributed by atoms with Crippen LogP contribution < -0.4 is 0 Å². The maximum Gasteiger partial charge on any atom is 0.225 e. The van der Waals surface area contributed by atoms with E-state index in [0.29, 0.717) is 13.1 Å². The van der Waals surface area contributed by atoms with E-state index in [1.165, 1.54) is 0 Å². The van der Waals surface area contributed by atoms with Crippen molar-refractivity contribution in [2.45, 2.75) is 20.4 Å². The van der Waals surface area contributed by atoms with Gasteiger partial charge in [-0.25, -0.2) is 0 Å². The van der Waals surface area contributed by atoms with E-state index in [0.717, 1.165) is 5.69 Å². The van der Waals surface area contributed by atoms with Gasteiger partial charge in [-0.2, -0.15) is 0 Å². The van der Waals surface area contributed by atoms with Crippen LogP contribution in [0.15, 0.2) is 31.0 Å². The molecule has 16 heavy (non-hydrogen) atoms. The lowest BCUT2D eigenvalue weighted by Gasteiger charge is -2.23. The molecule has 0 saturated heterocycles. The number of carbonyl (C=O) groups is 1. The van der Waals surface area contributed by atoms with Crippen molar-refractivity contribution < 1.29 is 4.79 Å². The predicted octanol–water partition coefficient (Wildman–Crippen LogP) is 2.20. The molecular weight excluding hydrogens is 200 g/mol. The number of aromatic nitrogens is 1. The summed E-state index contributed by atoms with van der Waals surface area (Å²) < 4.78 is 2.03. The molecule has 0 fully saturated rings. The first-order valence-corrected chi connectivity index (χ1v) is 5.56. The Morgan fingerprint density at radius 1 is 1.62 bits per heavy atom. The second-order valence-corrected chi connectivity index (χ2v) is 4.27. The average Bonchev–Trinajstić information content (AvgIpc) is 2.62. The van der Waals surface area contributed by atoms with E-state index in [2.05, 4.69) is 6.58 Å². The van der Waals surface area contributed by atoms with Gasteiger partial charge < -0.3 is 9.47 Å². The minimum Gasteiger partial charge on any atom is -0.353 e. The number of rotatable bonds is 5. The second-order valence-electron chi connectivity index (χ2n) is 4.27. The summed E-state index contributed by atoms with van der Waals surface area (Å²) in [4.78, 5) is 13.8. The molecule has 3 nitrogen and oxygen atoms in total. The summed E-state index contributed by atoms with van der Waals surface area (Å²) in [6.07, 6.45) is 3.75. The molecular formula is C13H20N2O. The Kier molecular flexibility index (Phi) is 4.35. The normalized spacial score (nSPS) is 10.5. The van der Waals surface area contributed by atoms with Crippen molar-refractivity contribution in [3.8, 4) is 0 Å². The van der Waals surface area contributed by atoms with E-state index < -0.39 is 0 Å². The molecule has 1 heterocycles. The average molecular weight is 220 g/mol. The summed E-state index contributed by atoms with van der Waals surface area (Å²) in [5.41, 5.74) is 1.14. The standard InChI is InChI=1S/C13H20N2O/c1-5-8-15(13(16)11(2)3)10-12-7-6-9-14(12)4/h5-7,9,11H,1,8,10H2,2-4H3. The summed E-state index contributed by atoms with van der Waals surface area (Å²) in [6.45, 7) is 8.78. The van der Waals surface area contributed by atoms with Crippen LogP contribution in [0.5, 0.6) is 0 Å². The Labute approximate surface area is 97.4 Å². The highest BCUT2D eigenvalue weighted by Crippen LogP contribution is 2.09. The van der Waals surface area contributed by atoms with Gasteiger partial charge in [-0.05, 0) is 12.1 Å². The topological polar surface area (TPSA) is 25.2 Å². The van der Waals surface area contributed by atoms with Crippen LogP contribution in [0.4, 0.5) is 0 Å². The van der Waals surface area contributed by atoms with Crippen molar-refractivity contribution in [1.29, 1.82) is 0 Å². The Bertz CT molecular complexity index is 366. The fraction of sp³-hybridized carbons (Fsp3) is 0.462. The van der Waals surface area contributed by atoms with Gasteiger partial charge in [0.1, 0.15) is 0 Å². The number of hydrogen-bond donors (Lipinski definition) is 0. The van der Waals surface area contributed by atoms with Crippen LogP contribution in [-0.2, 0) is 18.4 Å². The lowest BCUT2D eigenvalue weighted by molar-refractivity contribution is -0.134. The van der Waals surface area contributed by atoms with Crippen LogP contribution in [0.3, 0.4) is 0 Å². The predicted molar refractivity (Wildman–Crippen MR) is 65.9 cm³/mol. The number of amides is 1. The van der Waals surface area contributed by atoms with E-state index in [-0.39, 0.29) is 11.8 Å². The highest BCUT2D eigenvalue weighted by Gasteiger charge is 2.16. The van der Waals surface area contributed by atoms with Gasteiger partial charge in [0.25, 0.3) is 0 Å². The summed E-state index contributed by atoms with van der Waals surface area (Å²) in [6, 6.07) is 4.02. The number of aryl methyl sites for hydroxylation is 1. The maximum atomic E-state index is 11.9. The van der Waals surface area contributed by atoms with Crippen LogP contribution in [-0.4, -0.2) is 21.9 Å². The quantitative estimate of drug-likeness (QED) is 0.698. The zero-order valence-electron chi connectivity index (χ0n) is 10.3. The minimum atomic E-state index is 0.0280. The molecule has 0 aliphatic heterocycles. The molecule has 0 radical (unpaired) electrons. The van der Waals surface area contributed by atoms with E-state index in [1.54, 1.807) is 6.08 Å². The molecule has 0 aromatic carbocycles. The Morgan fingerprint density at radius 3 is 2.75 bits per heavy atom. The number of nitrogens with zero attached hydrogens (tertiary/aromatic N) is 2. The zero-order valence-corrected chi connectivity index (χ0v) is 10.3. The first kappa shape index (κ1) is 12.6. The molecule has 0 saturated carbocycles. The van der Waals surface area contributed by atoms with Crippen LogP contribution in [0.2, 0.25) is 0 Å². The lowest BCUT2D eigenvalue weighted by Crippen LogP contribution is -2.34. The van der Waals surface area contributed by atoms with Crippen molar-refractivity contribution in [2.75, 3.05) is 6.54 Å². The van der Waals surface area contributed by atoms with E-state index in [1.807, 2.05) is 48.7 Å². The molecule has 1 aromatic rings. The second kappa shape index (κ2) is 5.54. The SMILES string of the molecule is C=CCN(Cc1cccn1C)C(=O)C(C)C. The van der Waals surface area contributed by atoms with Crippen molar-refractivity contribution in [1.82, 2.24) is 9.47 Å². The zero-order chi connectivity index (χ0) is 12.1. The Balaban J connectivity index is 2.76. The van der Waals surface area contributed by atoms with Crippen molar-refractivity contribution >= 4 is 5.91 Å². The van der Waals surface area contributed by atoms with Gasteiger partial charge in [-0.3, -0.25) is 4.79 Å². The van der Waals surface area contributed by atoms with Crippen LogP contribution in [0, 0.1) is 5.92 Å². The lowest BCUT2D eigenvalue weighted by atomic mass is 10.2. The smallest absolute Gasteiger partial charge is 0.225 e. The van der Waals surface area contributed by atoms with Crippen LogP contribution in [0.1, 0.15) is 19.5 Å². The van der Waals surface area contributed by atoms with Gasteiger partial charge in [-0.15, -0.1) is 6.58 Å². The first-order chi connectivity index (χ1) is 7.56. The number of carbonyl (C=O) groups excluding carboxylic acids is 1. The van der Waals surface area contributed by atoms with Crippen molar-refractivity contribution in [2.24, 2.45) is 13.0 Å². The molecule has 0 bridgehead atoms. The monoisotopic (exact) mass is 220 g/mol. The van der Waals surface area contributed by atoms with Crippen molar-refractivity contribution in [3.63, 3.8) is 0 Å².